The molecular weight excluding hydrogens is 318 g/mol. The summed E-state index contributed by atoms with van der Waals surface area (Å²) in [5.74, 6) is -0.0235. The SMILES string of the molecule is CC[Si](CC)(CC)OC(=CCc1cccnc1)C(=O)OC(C)(C)C. The van der Waals surface area contributed by atoms with Gasteiger partial charge in [-0.15, -0.1) is 0 Å². The summed E-state index contributed by atoms with van der Waals surface area (Å²) >= 11 is 0. The molecule has 1 heterocycles. The van der Waals surface area contributed by atoms with E-state index in [9.17, 15) is 4.79 Å². The van der Waals surface area contributed by atoms with Crippen LogP contribution in [-0.2, 0) is 20.4 Å². The van der Waals surface area contributed by atoms with Crippen molar-refractivity contribution in [2.75, 3.05) is 0 Å². The highest BCUT2D eigenvalue weighted by Gasteiger charge is 2.34. The Balaban J connectivity index is 3.04. The highest BCUT2D eigenvalue weighted by molar-refractivity contribution is 6.74. The molecule has 0 fully saturated rings. The van der Waals surface area contributed by atoms with E-state index in [2.05, 4.69) is 25.8 Å². The Labute approximate surface area is 147 Å². The van der Waals surface area contributed by atoms with Crippen LogP contribution in [0.2, 0.25) is 18.1 Å². The molecule has 134 valence electrons. The minimum Gasteiger partial charge on any atom is -0.539 e. The Kier molecular flexibility index (Phi) is 7.67. The topological polar surface area (TPSA) is 48.4 Å². The summed E-state index contributed by atoms with van der Waals surface area (Å²) in [6, 6.07) is 6.81. The molecule has 0 spiro atoms. The average molecular weight is 350 g/mol. The molecule has 0 atom stereocenters. The van der Waals surface area contributed by atoms with Crippen LogP contribution in [0.4, 0.5) is 0 Å². The summed E-state index contributed by atoms with van der Waals surface area (Å²) in [6.45, 7) is 12.0. The lowest BCUT2D eigenvalue weighted by atomic mass is 10.2. The van der Waals surface area contributed by atoms with Gasteiger partial charge in [-0.05, 0) is 63.0 Å². The number of ether oxygens (including phenoxy) is 1. The largest absolute Gasteiger partial charge is 0.539 e. The molecule has 0 bridgehead atoms. The number of carbonyl (C=O) groups is 1. The molecule has 1 aromatic heterocycles. The minimum atomic E-state index is -1.94. The Morgan fingerprint density at radius 2 is 1.83 bits per heavy atom. The van der Waals surface area contributed by atoms with Gasteiger partial charge in [0.15, 0.2) is 5.76 Å². The number of allylic oxidation sites excluding steroid dienone is 1. The van der Waals surface area contributed by atoms with Crippen LogP contribution >= 0.6 is 0 Å². The third kappa shape index (κ3) is 6.47. The maximum atomic E-state index is 12.6. The van der Waals surface area contributed by atoms with Crippen molar-refractivity contribution in [3.63, 3.8) is 0 Å². The maximum Gasteiger partial charge on any atom is 0.372 e. The minimum absolute atomic E-state index is 0.353. The van der Waals surface area contributed by atoms with Crippen molar-refractivity contribution in [2.24, 2.45) is 0 Å². The van der Waals surface area contributed by atoms with Gasteiger partial charge in [0.2, 0.25) is 0 Å². The fraction of sp³-hybridized carbons (Fsp3) is 0.579. The number of nitrogens with zero attached hydrogens (tertiary/aromatic N) is 1. The normalized spacial score (nSPS) is 12.8. The molecule has 1 rings (SSSR count). The molecule has 0 amide bonds. The first kappa shape index (κ1) is 20.4. The summed E-state index contributed by atoms with van der Waals surface area (Å²) in [7, 11) is -1.94. The first-order chi connectivity index (χ1) is 11.2. The first-order valence-electron chi connectivity index (χ1n) is 8.76. The van der Waals surface area contributed by atoms with E-state index in [0.29, 0.717) is 12.2 Å². The van der Waals surface area contributed by atoms with E-state index in [1.807, 2.05) is 39.0 Å². The van der Waals surface area contributed by atoms with Crippen LogP contribution in [-0.4, -0.2) is 24.9 Å². The van der Waals surface area contributed by atoms with E-state index >= 15 is 0 Å². The quantitative estimate of drug-likeness (QED) is 0.291. The van der Waals surface area contributed by atoms with Gasteiger partial charge in [0.25, 0.3) is 8.32 Å². The van der Waals surface area contributed by atoms with Crippen molar-refractivity contribution in [3.05, 3.63) is 41.9 Å². The predicted molar refractivity (Wildman–Crippen MR) is 100 cm³/mol. The summed E-state index contributed by atoms with van der Waals surface area (Å²) in [5, 5.41) is 0. The second-order valence-corrected chi connectivity index (χ2v) is 11.7. The van der Waals surface area contributed by atoms with Crippen molar-refractivity contribution in [1.29, 1.82) is 0 Å². The van der Waals surface area contributed by atoms with Crippen LogP contribution in [0.25, 0.3) is 0 Å². The lowest BCUT2D eigenvalue weighted by Gasteiger charge is -2.31. The van der Waals surface area contributed by atoms with Gasteiger partial charge in [0, 0.05) is 12.4 Å². The van der Waals surface area contributed by atoms with Crippen molar-refractivity contribution in [3.8, 4) is 0 Å². The van der Waals surface area contributed by atoms with Crippen LogP contribution in [0.5, 0.6) is 0 Å². The molecule has 0 aliphatic rings. The summed E-state index contributed by atoms with van der Waals surface area (Å²) in [6.07, 6.45) is 5.98. The smallest absolute Gasteiger partial charge is 0.372 e. The number of hydrogen-bond donors (Lipinski definition) is 0. The summed E-state index contributed by atoms with van der Waals surface area (Å²) < 4.78 is 11.9. The molecule has 0 unspecified atom stereocenters. The highest BCUT2D eigenvalue weighted by Crippen LogP contribution is 2.26. The number of pyridine rings is 1. The Bertz CT molecular complexity index is 537. The van der Waals surface area contributed by atoms with E-state index < -0.39 is 13.9 Å². The van der Waals surface area contributed by atoms with Crippen LogP contribution < -0.4 is 0 Å². The molecule has 1 aromatic rings. The molecule has 24 heavy (non-hydrogen) atoms. The predicted octanol–water partition coefficient (Wildman–Crippen LogP) is 4.87. The second kappa shape index (κ2) is 9.02. The van der Waals surface area contributed by atoms with Crippen LogP contribution in [0.3, 0.4) is 0 Å². The van der Waals surface area contributed by atoms with E-state index in [4.69, 9.17) is 9.16 Å². The van der Waals surface area contributed by atoms with Crippen molar-refractivity contribution in [1.82, 2.24) is 4.98 Å². The van der Waals surface area contributed by atoms with Crippen molar-refractivity contribution in [2.45, 2.75) is 71.7 Å². The van der Waals surface area contributed by atoms with Gasteiger partial charge in [-0.1, -0.05) is 26.8 Å². The lowest BCUT2D eigenvalue weighted by Crippen LogP contribution is -2.38. The lowest BCUT2D eigenvalue weighted by molar-refractivity contribution is -0.152. The van der Waals surface area contributed by atoms with Gasteiger partial charge in [-0.25, -0.2) is 4.79 Å². The summed E-state index contributed by atoms with van der Waals surface area (Å²) in [5.41, 5.74) is 0.502. The standard InChI is InChI=1S/C19H31NO3Si/c1-7-24(8-2,9-3)23-17(18(21)22-19(4,5)6)13-12-16-11-10-14-20-15-16/h10-11,13-15H,7-9,12H2,1-6H3. The highest BCUT2D eigenvalue weighted by atomic mass is 28.4. The Morgan fingerprint density at radius 1 is 1.21 bits per heavy atom. The third-order valence-corrected chi connectivity index (χ3v) is 8.62. The summed E-state index contributed by atoms with van der Waals surface area (Å²) in [4.78, 5) is 16.7. The zero-order valence-corrected chi connectivity index (χ0v) is 16.9. The van der Waals surface area contributed by atoms with Crippen LogP contribution in [0, 0.1) is 0 Å². The van der Waals surface area contributed by atoms with Crippen LogP contribution in [0.15, 0.2) is 36.4 Å². The molecule has 5 heteroatoms. The fourth-order valence-electron chi connectivity index (χ4n) is 2.42. The van der Waals surface area contributed by atoms with E-state index in [-0.39, 0.29) is 5.97 Å². The second-order valence-electron chi connectivity index (χ2n) is 6.98. The van der Waals surface area contributed by atoms with E-state index in [1.54, 1.807) is 12.4 Å². The average Bonchev–Trinajstić information content (AvgIpc) is 2.55. The molecule has 0 N–H and O–H groups in total. The Morgan fingerprint density at radius 3 is 2.29 bits per heavy atom. The monoisotopic (exact) mass is 349 g/mol. The van der Waals surface area contributed by atoms with Crippen molar-refractivity contribution < 1.29 is 14.0 Å². The fourth-order valence-corrected chi connectivity index (χ4v) is 4.99. The number of rotatable bonds is 8. The molecular formula is C19H31NO3Si. The molecule has 0 saturated carbocycles. The molecule has 0 aromatic carbocycles. The maximum absolute atomic E-state index is 12.6. The van der Waals surface area contributed by atoms with Crippen molar-refractivity contribution >= 4 is 14.3 Å². The van der Waals surface area contributed by atoms with Gasteiger partial charge in [-0.3, -0.25) is 4.98 Å². The van der Waals surface area contributed by atoms with Gasteiger partial charge < -0.3 is 9.16 Å². The number of carbonyl (C=O) groups excluding carboxylic acids is 1. The van der Waals surface area contributed by atoms with E-state index in [1.165, 1.54) is 0 Å². The first-order valence-corrected chi connectivity index (χ1v) is 11.3. The van der Waals surface area contributed by atoms with Gasteiger partial charge in [0.05, 0.1) is 0 Å². The number of aromatic nitrogens is 1. The number of hydrogen-bond acceptors (Lipinski definition) is 4. The molecule has 0 aliphatic heterocycles. The van der Waals surface area contributed by atoms with E-state index in [0.717, 1.165) is 23.7 Å². The molecule has 4 nitrogen and oxygen atoms in total. The third-order valence-electron chi connectivity index (χ3n) is 4.11. The van der Waals surface area contributed by atoms with Gasteiger partial charge in [-0.2, -0.15) is 0 Å². The zero-order chi connectivity index (χ0) is 18.2. The molecule has 0 radical (unpaired) electrons. The Hall–Kier alpha value is -1.62. The van der Waals surface area contributed by atoms with Gasteiger partial charge in [0.1, 0.15) is 5.60 Å². The zero-order valence-electron chi connectivity index (χ0n) is 15.9. The van der Waals surface area contributed by atoms with Crippen LogP contribution in [0.1, 0.15) is 47.1 Å². The number of esters is 1. The molecule has 0 aliphatic carbocycles. The molecule has 0 saturated heterocycles. The van der Waals surface area contributed by atoms with Gasteiger partial charge >= 0.3 is 5.97 Å².